The van der Waals surface area contributed by atoms with Gasteiger partial charge in [-0.3, -0.25) is 5.32 Å². The van der Waals surface area contributed by atoms with E-state index in [1.54, 1.807) is 6.07 Å². The van der Waals surface area contributed by atoms with Crippen LogP contribution < -0.4 is 5.32 Å². The summed E-state index contributed by atoms with van der Waals surface area (Å²) in [5.74, 6) is 0. The molecule has 0 saturated heterocycles. The van der Waals surface area contributed by atoms with Gasteiger partial charge in [-0.15, -0.1) is 0 Å². The van der Waals surface area contributed by atoms with Gasteiger partial charge in [0.2, 0.25) is 0 Å². The second-order valence-electron chi connectivity index (χ2n) is 4.89. The van der Waals surface area contributed by atoms with Crippen LogP contribution in [0.5, 0.6) is 0 Å². The zero-order chi connectivity index (χ0) is 15.4. The monoisotopic (exact) mass is 289 g/mol. The average molecular weight is 289 g/mol. The highest BCUT2D eigenvalue weighted by Gasteiger charge is 2.11. The SMILES string of the molecule is O=C(O)Nc1ccccc1-c1ccccc1-c1ccccc1. The highest BCUT2D eigenvalue weighted by atomic mass is 16.4. The molecule has 108 valence electrons. The first-order chi connectivity index (χ1) is 10.8. The minimum absolute atomic E-state index is 0.582. The molecule has 3 rings (SSSR count). The van der Waals surface area contributed by atoms with Gasteiger partial charge in [-0.25, -0.2) is 4.79 Å². The van der Waals surface area contributed by atoms with E-state index >= 15 is 0 Å². The minimum atomic E-state index is -1.07. The molecule has 3 nitrogen and oxygen atoms in total. The predicted molar refractivity (Wildman–Crippen MR) is 89.0 cm³/mol. The number of anilines is 1. The molecule has 0 aliphatic heterocycles. The summed E-state index contributed by atoms with van der Waals surface area (Å²) in [5, 5.41) is 11.5. The van der Waals surface area contributed by atoms with Gasteiger partial charge in [0.15, 0.2) is 0 Å². The van der Waals surface area contributed by atoms with Gasteiger partial charge in [0.25, 0.3) is 0 Å². The maximum atomic E-state index is 11.0. The lowest BCUT2D eigenvalue weighted by molar-refractivity contribution is 0.210. The second kappa shape index (κ2) is 6.14. The van der Waals surface area contributed by atoms with Crippen LogP contribution in [0.3, 0.4) is 0 Å². The van der Waals surface area contributed by atoms with Crippen LogP contribution in [0, 0.1) is 0 Å². The number of para-hydroxylation sites is 1. The molecule has 0 spiro atoms. The van der Waals surface area contributed by atoms with E-state index in [0.717, 1.165) is 22.3 Å². The van der Waals surface area contributed by atoms with Crippen molar-refractivity contribution >= 4 is 11.8 Å². The van der Waals surface area contributed by atoms with Crippen LogP contribution in [-0.2, 0) is 0 Å². The van der Waals surface area contributed by atoms with Crippen molar-refractivity contribution in [3.63, 3.8) is 0 Å². The molecule has 0 radical (unpaired) electrons. The Balaban J connectivity index is 2.16. The molecule has 1 amide bonds. The van der Waals surface area contributed by atoms with Crippen LogP contribution in [0.2, 0.25) is 0 Å². The summed E-state index contributed by atoms with van der Waals surface area (Å²) < 4.78 is 0. The van der Waals surface area contributed by atoms with Gasteiger partial charge in [0.05, 0.1) is 5.69 Å². The maximum absolute atomic E-state index is 11.0. The van der Waals surface area contributed by atoms with Gasteiger partial charge in [0, 0.05) is 5.56 Å². The van der Waals surface area contributed by atoms with E-state index in [1.165, 1.54) is 0 Å². The van der Waals surface area contributed by atoms with Crippen molar-refractivity contribution in [2.45, 2.75) is 0 Å². The van der Waals surface area contributed by atoms with Crippen LogP contribution >= 0.6 is 0 Å². The summed E-state index contributed by atoms with van der Waals surface area (Å²) in [6.45, 7) is 0. The molecule has 0 atom stereocenters. The Kier molecular flexibility index (Phi) is 3.88. The van der Waals surface area contributed by atoms with Crippen LogP contribution in [0.15, 0.2) is 78.9 Å². The lowest BCUT2D eigenvalue weighted by atomic mass is 9.94. The number of amides is 1. The third kappa shape index (κ3) is 2.83. The van der Waals surface area contributed by atoms with E-state index in [9.17, 15) is 4.79 Å². The number of hydrogen-bond acceptors (Lipinski definition) is 1. The van der Waals surface area contributed by atoms with Gasteiger partial charge in [-0.05, 0) is 22.8 Å². The quantitative estimate of drug-likeness (QED) is 0.703. The van der Waals surface area contributed by atoms with Gasteiger partial charge < -0.3 is 5.11 Å². The summed E-state index contributed by atoms with van der Waals surface area (Å²) in [7, 11) is 0. The van der Waals surface area contributed by atoms with Crippen LogP contribution in [0.4, 0.5) is 10.5 Å². The lowest BCUT2D eigenvalue weighted by Gasteiger charge is -2.13. The summed E-state index contributed by atoms with van der Waals surface area (Å²) >= 11 is 0. The molecule has 0 unspecified atom stereocenters. The van der Waals surface area contributed by atoms with Crippen molar-refractivity contribution in [3.05, 3.63) is 78.9 Å². The van der Waals surface area contributed by atoms with Crippen molar-refractivity contribution in [2.75, 3.05) is 5.32 Å². The largest absolute Gasteiger partial charge is 0.465 e. The molecule has 3 heteroatoms. The normalized spacial score (nSPS) is 10.2. The third-order valence-electron chi connectivity index (χ3n) is 3.47. The standard InChI is InChI=1S/C19H15NO2/c21-19(22)20-18-13-7-6-12-17(18)16-11-5-4-10-15(16)14-8-2-1-3-9-14/h1-13,20H,(H,21,22). The molecule has 3 aromatic carbocycles. The molecule has 3 aromatic rings. The second-order valence-corrected chi connectivity index (χ2v) is 4.89. The Hall–Kier alpha value is -3.07. The zero-order valence-corrected chi connectivity index (χ0v) is 11.9. The van der Waals surface area contributed by atoms with Gasteiger partial charge in [-0.1, -0.05) is 72.8 Å². The fraction of sp³-hybridized carbons (Fsp3) is 0. The van der Waals surface area contributed by atoms with E-state index in [-0.39, 0.29) is 0 Å². The molecule has 0 saturated carbocycles. The first-order valence-corrected chi connectivity index (χ1v) is 6.99. The molecular formula is C19H15NO2. The van der Waals surface area contributed by atoms with Crippen molar-refractivity contribution in [2.24, 2.45) is 0 Å². The van der Waals surface area contributed by atoms with Crippen molar-refractivity contribution < 1.29 is 9.90 Å². The number of rotatable bonds is 3. The van der Waals surface area contributed by atoms with E-state index in [2.05, 4.69) is 5.32 Å². The van der Waals surface area contributed by atoms with Gasteiger partial charge in [-0.2, -0.15) is 0 Å². The first-order valence-electron chi connectivity index (χ1n) is 6.99. The predicted octanol–water partition coefficient (Wildman–Crippen LogP) is 5.11. The smallest absolute Gasteiger partial charge is 0.409 e. The Labute approximate surface area is 128 Å². The Morgan fingerprint density at radius 1 is 0.682 bits per heavy atom. The number of nitrogens with one attached hydrogen (secondary N) is 1. The molecule has 0 heterocycles. The fourth-order valence-electron chi connectivity index (χ4n) is 2.53. The molecule has 0 bridgehead atoms. The number of benzene rings is 3. The van der Waals surface area contributed by atoms with Crippen molar-refractivity contribution in [3.8, 4) is 22.3 Å². The van der Waals surface area contributed by atoms with Crippen LogP contribution in [-0.4, -0.2) is 11.2 Å². The molecule has 0 aromatic heterocycles. The van der Waals surface area contributed by atoms with E-state index in [4.69, 9.17) is 5.11 Å². The molecule has 2 N–H and O–H groups in total. The van der Waals surface area contributed by atoms with Crippen LogP contribution in [0.25, 0.3) is 22.3 Å². The molecule has 0 fully saturated rings. The summed E-state index contributed by atoms with van der Waals surface area (Å²) in [4.78, 5) is 11.0. The first kappa shape index (κ1) is 13.9. The van der Waals surface area contributed by atoms with Crippen molar-refractivity contribution in [1.29, 1.82) is 0 Å². The third-order valence-corrected chi connectivity index (χ3v) is 3.47. The van der Waals surface area contributed by atoms with Gasteiger partial charge >= 0.3 is 6.09 Å². The Morgan fingerprint density at radius 3 is 1.91 bits per heavy atom. The molecule has 0 aliphatic carbocycles. The molecule has 0 aliphatic rings. The van der Waals surface area contributed by atoms with Gasteiger partial charge in [0.1, 0.15) is 0 Å². The van der Waals surface area contributed by atoms with E-state index in [1.807, 2.05) is 72.8 Å². The summed E-state index contributed by atoms with van der Waals surface area (Å²) in [6.07, 6.45) is -1.07. The van der Waals surface area contributed by atoms with E-state index in [0.29, 0.717) is 5.69 Å². The molecule has 22 heavy (non-hydrogen) atoms. The lowest BCUT2D eigenvalue weighted by Crippen LogP contribution is -2.08. The topological polar surface area (TPSA) is 49.3 Å². The summed E-state index contributed by atoms with van der Waals surface area (Å²) in [5.41, 5.74) is 4.62. The fourth-order valence-corrected chi connectivity index (χ4v) is 2.53. The summed E-state index contributed by atoms with van der Waals surface area (Å²) in [6, 6.07) is 25.5. The zero-order valence-electron chi connectivity index (χ0n) is 11.9. The van der Waals surface area contributed by atoms with E-state index < -0.39 is 6.09 Å². The van der Waals surface area contributed by atoms with Crippen molar-refractivity contribution in [1.82, 2.24) is 0 Å². The highest BCUT2D eigenvalue weighted by Crippen LogP contribution is 2.35. The molecular weight excluding hydrogens is 274 g/mol. The highest BCUT2D eigenvalue weighted by molar-refractivity contribution is 5.94. The number of hydrogen-bond donors (Lipinski definition) is 2. The number of carbonyl (C=O) groups is 1. The van der Waals surface area contributed by atoms with Crippen LogP contribution in [0.1, 0.15) is 0 Å². The number of carboxylic acid groups (broad SMARTS) is 1. The Morgan fingerprint density at radius 2 is 1.23 bits per heavy atom. The minimum Gasteiger partial charge on any atom is -0.465 e. The average Bonchev–Trinajstić information content (AvgIpc) is 2.56. The Bertz CT molecular complexity index is 797. The maximum Gasteiger partial charge on any atom is 0.409 e.